The van der Waals surface area contributed by atoms with Crippen LogP contribution in [-0.2, 0) is 11.3 Å². The Balaban J connectivity index is 0.00000400. The van der Waals surface area contributed by atoms with Gasteiger partial charge in [-0.3, -0.25) is 4.79 Å². The molecule has 1 rings (SSSR count). The van der Waals surface area contributed by atoms with Crippen LogP contribution in [0.2, 0.25) is 0 Å². The van der Waals surface area contributed by atoms with Gasteiger partial charge in [0.15, 0.2) is 5.96 Å². The Morgan fingerprint density at radius 1 is 1.29 bits per heavy atom. The van der Waals surface area contributed by atoms with Crippen LogP contribution in [0.15, 0.2) is 29.3 Å². The molecule has 21 heavy (non-hydrogen) atoms. The maximum Gasteiger partial charge on any atom is 0.241 e. The number of amides is 1. The van der Waals surface area contributed by atoms with Gasteiger partial charge in [-0.1, -0.05) is 18.2 Å². The van der Waals surface area contributed by atoms with E-state index in [1.54, 1.807) is 32.3 Å². The SMILES string of the molecule is CCNC(=NCc1ccccc1F)NCC(=O)N(C)C.I. The molecule has 0 bridgehead atoms. The van der Waals surface area contributed by atoms with Gasteiger partial charge >= 0.3 is 0 Å². The molecule has 0 radical (unpaired) electrons. The summed E-state index contributed by atoms with van der Waals surface area (Å²) >= 11 is 0. The molecule has 2 N–H and O–H groups in total. The zero-order valence-electron chi connectivity index (χ0n) is 12.5. The average Bonchev–Trinajstić information content (AvgIpc) is 2.43. The van der Waals surface area contributed by atoms with Gasteiger partial charge in [0.05, 0.1) is 13.1 Å². The van der Waals surface area contributed by atoms with Crippen LogP contribution >= 0.6 is 24.0 Å². The first kappa shape index (κ1) is 19.6. The third kappa shape index (κ3) is 7.26. The molecule has 5 nitrogen and oxygen atoms in total. The Kier molecular flexibility index (Phi) is 9.68. The minimum Gasteiger partial charge on any atom is -0.357 e. The van der Waals surface area contributed by atoms with Crippen molar-refractivity contribution in [2.45, 2.75) is 13.5 Å². The number of likely N-dealkylation sites (N-methyl/N-ethyl adjacent to an activating group) is 1. The first-order chi connectivity index (χ1) is 9.54. The van der Waals surface area contributed by atoms with Crippen LogP contribution < -0.4 is 10.6 Å². The lowest BCUT2D eigenvalue weighted by molar-refractivity contribution is -0.127. The molecule has 0 aliphatic rings. The topological polar surface area (TPSA) is 56.7 Å². The van der Waals surface area contributed by atoms with Crippen molar-refractivity contribution < 1.29 is 9.18 Å². The van der Waals surface area contributed by atoms with Crippen molar-refractivity contribution in [2.75, 3.05) is 27.2 Å². The molecule has 1 aromatic rings. The van der Waals surface area contributed by atoms with E-state index in [9.17, 15) is 9.18 Å². The maximum atomic E-state index is 13.5. The molecule has 118 valence electrons. The highest BCUT2D eigenvalue weighted by Crippen LogP contribution is 2.07. The first-order valence-corrected chi connectivity index (χ1v) is 6.50. The lowest BCUT2D eigenvalue weighted by Crippen LogP contribution is -2.42. The van der Waals surface area contributed by atoms with Crippen LogP contribution in [0.4, 0.5) is 4.39 Å². The molecule has 0 saturated carbocycles. The largest absolute Gasteiger partial charge is 0.357 e. The smallest absolute Gasteiger partial charge is 0.241 e. The van der Waals surface area contributed by atoms with Gasteiger partial charge in [0.1, 0.15) is 5.82 Å². The zero-order valence-corrected chi connectivity index (χ0v) is 14.8. The van der Waals surface area contributed by atoms with E-state index in [4.69, 9.17) is 0 Å². The van der Waals surface area contributed by atoms with Gasteiger partial charge in [0, 0.05) is 26.2 Å². The fourth-order valence-electron chi connectivity index (χ4n) is 1.45. The number of benzene rings is 1. The van der Waals surface area contributed by atoms with Crippen molar-refractivity contribution in [3.63, 3.8) is 0 Å². The molecule has 7 heteroatoms. The van der Waals surface area contributed by atoms with Gasteiger partial charge in [-0.05, 0) is 13.0 Å². The molecule has 0 unspecified atom stereocenters. The molecule has 0 saturated heterocycles. The summed E-state index contributed by atoms with van der Waals surface area (Å²) in [5.74, 6) is 0.156. The van der Waals surface area contributed by atoms with Crippen LogP contribution in [0.5, 0.6) is 0 Å². The summed E-state index contributed by atoms with van der Waals surface area (Å²) in [6.45, 7) is 2.96. The van der Waals surface area contributed by atoms with E-state index in [1.807, 2.05) is 6.92 Å². The third-order valence-corrected chi connectivity index (χ3v) is 2.62. The molecule has 0 heterocycles. The molecule has 1 aromatic carbocycles. The lowest BCUT2D eigenvalue weighted by Gasteiger charge is -2.14. The van der Waals surface area contributed by atoms with Crippen LogP contribution in [0.25, 0.3) is 0 Å². The summed E-state index contributed by atoms with van der Waals surface area (Å²) in [6, 6.07) is 6.50. The molecule has 0 fully saturated rings. The Morgan fingerprint density at radius 3 is 2.52 bits per heavy atom. The third-order valence-electron chi connectivity index (χ3n) is 2.62. The number of aliphatic imine (C=N–C) groups is 1. The highest BCUT2D eigenvalue weighted by molar-refractivity contribution is 14.0. The normalized spacial score (nSPS) is 10.6. The molecule has 0 aliphatic carbocycles. The monoisotopic (exact) mass is 408 g/mol. The van der Waals surface area contributed by atoms with E-state index in [2.05, 4.69) is 15.6 Å². The summed E-state index contributed by atoms with van der Waals surface area (Å²) in [7, 11) is 3.38. The van der Waals surface area contributed by atoms with Crippen LogP contribution in [-0.4, -0.2) is 44.0 Å². The Labute approximate surface area is 142 Å². The number of rotatable bonds is 5. The second kappa shape index (κ2) is 10.4. The zero-order chi connectivity index (χ0) is 15.0. The van der Waals surface area contributed by atoms with E-state index in [0.29, 0.717) is 18.1 Å². The summed E-state index contributed by atoms with van der Waals surface area (Å²) in [6.07, 6.45) is 0. The predicted octanol–water partition coefficient (Wildman–Crippen LogP) is 1.59. The Morgan fingerprint density at radius 2 is 1.95 bits per heavy atom. The summed E-state index contributed by atoms with van der Waals surface area (Å²) in [4.78, 5) is 17.3. The van der Waals surface area contributed by atoms with Gasteiger partial charge in [-0.15, -0.1) is 24.0 Å². The van der Waals surface area contributed by atoms with Crippen molar-refractivity contribution in [1.82, 2.24) is 15.5 Å². The molecule has 1 amide bonds. The summed E-state index contributed by atoms with van der Waals surface area (Å²) < 4.78 is 13.5. The second-order valence-electron chi connectivity index (χ2n) is 4.43. The van der Waals surface area contributed by atoms with Crippen LogP contribution in [0, 0.1) is 5.82 Å². The number of guanidine groups is 1. The number of hydrogen-bond donors (Lipinski definition) is 2. The fraction of sp³-hybridized carbons (Fsp3) is 0.429. The minimum atomic E-state index is -0.281. The average molecular weight is 408 g/mol. The molecule has 0 aromatic heterocycles. The highest BCUT2D eigenvalue weighted by Gasteiger charge is 2.05. The number of carbonyl (C=O) groups is 1. The van der Waals surface area contributed by atoms with E-state index in [1.165, 1.54) is 11.0 Å². The molecular weight excluding hydrogens is 386 g/mol. The number of nitrogens with one attached hydrogen (secondary N) is 2. The van der Waals surface area contributed by atoms with Crippen molar-refractivity contribution in [3.8, 4) is 0 Å². The molecule has 0 atom stereocenters. The van der Waals surface area contributed by atoms with Gasteiger partial charge in [0.2, 0.25) is 5.91 Å². The van der Waals surface area contributed by atoms with Crippen molar-refractivity contribution >= 4 is 35.8 Å². The van der Waals surface area contributed by atoms with Crippen LogP contribution in [0.3, 0.4) is 0 Å². The van der Waals surface area contributed by atoms with Crippen molar-refractivity contribution in [2.24, 2.45) is 4.99 Å². The highest BCUT2D eigenvalue weighted by atomic mass is 127. The summed E-state index contributed by atoms with van der Waals surface area (Å²) in [5, 5.41) is 5.93. The number of nitrogens with zero attached hydrogens (tertiary/aromatic N) is 2. The van der Waals surface area contributed by atoms with Gasteiger partial charge in [-0.2, -0.15) is 0 Å². The van der Waals surface area contributed by atoms with Crippen LogP contribution in [0.1, 0.15) is 12.5 Å². The molecule has 0 spiro atoms. The van der Waals surface area contributed by atoms with Crippen molar-refractivity contribution in [1.29, 1.82) is 0 Å². The molecule has 0 aliphatic heterocycles. The van der Waals surface area contributed by atoms with E-state index in [-0.39, 0.29) is 48.8 Å². The Bertz CT molecular complexity index is 480. The lowest BCUT2D eigenvalue weighted by atomic mass is 10.2. The number of halogens is 2. The van der Waals surface area contributed by atoms with Gasteiger partial charge in [-0.25, -0.2) is 9.38 Å². The predicted molar refractivity (Wildman–Crippen MR) is 93.3 cm³/mol. The van der Waals surface area contributed by atoms with E-state index >= 15 is 0 Å². The van der Waals surface area contributed by atoms with E-state index in [0.717, 1.165) is 0 Å². The second-order valence-corrected chi connectivity index (χ2v) is 4.43. The molecular formula is C14H22FIN4O. The number of hydrogen-bond acceptors (Lipinski definition) is 2. The van der Waals surface area contributed by atoms with Gasteiger partial charge in [0.25, 0.3) is 0 Å². The maximum absolute atomic E-state index is 13.5. The van der Waals surface area contributed by atoms with Gasteiger partial charge < -0.3 is 15.5 Å². The standard InChI is InChI=1S/C14H21FN4O.HI/c1-4-16-14(18-10-13(20)19(2)3)17-9-11-7-5-6-8-12(11)15;/h5-8H,4,9-10H2,1-3H3,(H2,16,17,18);1H. The quantitative estimate of drug-likeness (QED) is 0.442. The summed E-state index contributed by atoms with van der Waals surface area (Å²) in [5.41, 5.74) is 0.517. The fourth-order valence-corrected chi connectivity index (χ4v) is 1.45. The number of carbonyl (C=O) groups excluding carboxylic acids is 1. The van der Waals surface area contributed by atoms with E-state index < -0.39 is 0 Å². The van der Waals surface area contributed by atoms with Crippen molar-refractivity contribution in [3.05, 3.63) is 35.6 Å². The first-order valence-electron chi connectivity index (χ1n) is 6.50. The Hall–Kier alpha value is -1.38. The minimum absolute atomic E-state index is 0.